The number of hydrogen-bond acceptors (Lipinski definition) is 5. The Hall–Kier alpha value is -1.92. The van der Waals surface area contributed by atoms with Crippen molar-refractivity contribution in [3.05, 3.63) is 45.9 Å². The predicted molar refractivity (Wildman–Crippen MR) is 95.1 cm³/mol. The Kier molecular flexibility index (Phi) is 6.75. The summed E-state index contributed by atoms with van der Waals surface area (Å²) in [6.07, 6.45) is 0.869. The number of aromatic nitrogens is 1. The summed E-state index contributed by atoms with van der Waals surface area (Å²) in [6.45, 7) is 6.51. The van der Waals surface area contributed by atoms with Gasteiger partial charge in [-0.15, -0.1) is 11.3 Å². The van der Waals surface area contributed by atoms with E-state index in [1.54, 1.807) is 12.1 Å². The summed E-state index contributed by atoms with van der Waals surface area (Å²) in [7, 11) is 0. The summed E-state index contributed by atoms with van der Waals surface area (Å²) >= 11 is 1.51. The van der Waals surface area contributed by atoms with Crippen molar-refractivity contribution in [1.29, 1.82) is 0 Å². The van der Waals surface area contributed by atoms with Gasteiger partial charge in [-0.25, -0.2) is 4.98 Å². The van der Waals surface area contributed by atoms with Crippen LogP contribution in [-0.2, 0) is 16.0 Å². The number of phenolic OH excluding ortho intramolecular Hbond substituents is 1. The summed E-state index contributed by atoms with van der Waals surface area (Å²) in [5.74, 6) is 0.0946. The largest absolute Gasteiger partial charge is 0.508 e. The van der Waals surface area contributed by atoms with Crippen LogP contribution in [0, 0.1) is 0 Å². The van der Waals surface area contributed by atoms with Gasteiger partial charge in [0.05, 0.1) is 18.2 Å². The Morgan fingerprint density at radius 2 is 2.12 bits per heavy atom. The van der Waals surface area contributed by atoms with Crippen LogP contribution in [0.2, 0.25) is 0 Å². The van der Waals surface area contributed by atoms with Gasteiger partial charge in [0.25, 0.3) is 0 Å². The van der Waals surface area contributed by atoms with Gasteiger partial charge in [0.2, 0.25) is 5.91 Å². The average Bonchev–Trinajstić information content (AvgIpc) is 3.02. The summed E-state index contributed by atoms with van der Waals surface area (Å²) < 4.78 is 5.52. The fraction of sp³-hybridized carbons (Fsp3) is 0.444. The Balaban J connectivity index is 1.98. The lowest BCUT2D eigenvalue weighted by atomic mass is 10.0. The summed E-state index contributed by atoms with van der Waals surface area (Å²) in [4.78, 5) is 16.8. The molecule has 0 unspecified atom stereocenters. The fourth-order valence-corrected chi connectivity index (χ4v) is 3.33. The topological polar surface area (TPSA) is 71.5 Å². The molecule has 0 aliphatic heterocycles. The van der Waals surface area contributed by atoms with Crippen LogP contribution in [0.1, 0.15) is 55.6 Å². The van der Waals surface area contributed by atoms with Crippen molar-refractivity contribution in [2.45, 2.75) is 45.8 Å². The van der Waals surface area contributed by atoms with E-state index in [2.05, 4.69) is 10.3 Å². The average molecular weight is 348 g/mol. The molecule has 1 aromatic heterocycles. The number of thiazole rings is 1. The van der Waals surface area contributed by atoms with Gasteiger partial charge >= 0.3 is 0 Å². The number of carbonyl (C=O) groups excluding carboxylic acids is 1. The van der Waals surface area contributed by atoms with Gasteiger partial charge in [0.1, 0.15) is 16.9 Å². The van der Waals surface area contributed by atoms with Crippen molar-refractivity contribution in [1.82, 2.24) is 10.3 Å². The number of carbonyl (C=O) groups is 1. The molecule has 24 heavy (non-hydrogen) atoms. The Morgan fingerprint density at radius 3 is 2.79 bits per heavy atom. The Morgan fingerprint density at radius 1 is 1.38 bits per heavy atom. The lowest BCUT2D eigenvalue weighted by Crippen LogP contribution is -2.29. The van der Waals surface area contributed by atoms with E-state index in [1.807, 2.05) is 38.3 Å². The third-order valence-electron chi connectivity index (χ3n) is 3.73. The smallest absolute Gasteiger partial charge is 0.226 e. The van der Waals surface area contributed by atoms with Crippen LogP contribution in [0.5, 0.6) is 5.75 Å². The highest BCUT2D eigenvalue weighted by Crippen LogP contribution is 2.26. The number of amides is 1. The molecule has 1 heterocycles. The Labute approximate surface area is 146 Å². The zero-order valence-corrected chi connectivity index (χ0v) is 15.1. The van der Waals surface area contributed by atoms with E-state index in [0.717, 1.165) is 16.3 Å². The number of nitrogens with zero attached hydrogens (tertiary/aromatic N) is 1. The number of phenols is 1. The molecule has 0 radical (unpaired) electrons. The van der Waals surface area contributed by atoms with E-state index < -0.39 is 0 Å². The molecular formula is C18H24N2O3S. The standard InChI is InChI=1S/C18H24N2O3S/c1-4-15(14-8-6-7-9-16(14)21)20-17(22)10-13-11-24-18(19-13)12(3)23-5-2/h6-9,11-12,15,21H,4-5,10H2,1-3H3,(H,20,22)/t12-,15-/m1/s1. The first-order valence-electron chi connectivity index (χ1n) is 8.18. The maximum atomic E-state index is 12.3. The lowest BCUT2D eigenvalue weighted by molar-refractivity contribution is -0.121. The molecule has 2 aromatic rings. The van der Waals surface area contributed by atoms with Gasteiger partial charge in [0.15, 0.2) is 0 Å². The summed E-state index contributed by atoms with van der Waals surface area (Å²) in [5.41, 5.74) is 1.48. The number of nitrogens with one attached hydrogen (secondary N) is 1. The van der Waals surface area contributed by atoms with Crippen molar-refractivity contribution < 1.29 is 14.6 Å². The second kappa shape index (κ2) is 8.80. The molecule has 5 nitrogen and oxygen atoms in total. The summed E-state index contributed by atoms with van der Waals surface area (Å²) in [5, 5.41) is 15.7. The first-order chi connectivity index (χ1) is 11.5. The van der Waals surface area contributed by atoms with Crippen molar-refractivity contribution in [3.63, 3.8) is 0 Å². The fourth-order valence-electron chi connectivity index (χ4n) is 2.50. The van der Waals surface area contributed by atoms with E-state index >= 15 is 0 Å². The second-order valence-electron chi connectivity index (χ2n) is 5.54. The third-order valence-corrected chi connectivity index (χ3v) is 4.79. The maximum absolute atomic E-state index is 12.3. The molecule has 2 N–H and O–H groups in total. The number of ether oxygens (including phenoxy) is 1. The zero-order chi connectivity index (χ0) is 17.5. The van der Waals surface area contributed by atoms with E-state index in [0.29, 0.717) is 13.0 Å². The van der Waals surface area contributed by atoms with Gasteiger partial charge in [0, 0.05) is 17.6 Å². The molecule has 0 spiro atoms. The van der Waals surface area contributed by atoms with Crippen LogP contribution in [-0.4, -0.2) is 22.6 Å². The third kappa shape index (κ3) is 4.79. The molecule has 2 rings (SSSR count). The van der Waals surface area contributed by atoms with Crippen LogP contribution in [0.3, 0.4) is 0 Å². The highest BCUT2D eigenvalue weighted by atomic mass is 32.1. The van der Waals surface area contributed by atoms with Crippen LogP contribution in [0.4, 0.5) is 0 Å². The second-order valence-corrected chi connectivity index (χ2v) is 6.43. The molecule has 2 atom stereocenters. The van der Waals surface area contributed by atoms with Gasteiger partial charge in [-0.3, -0.25) is 4.79 Å². The van der Waals surface area contributed by atoms with E-state index in [-0.39, 0.29) is 30.2 Å². The van der Waals surface area contributed by atoms with Crippen molar-refractivity contribution in [2.24, 2.45) is 0 Å². The van der Waals surface area contributed by atoms with Crippen LogP contribution < -0.4 is 5.32 Å². The number of hydrogen-bond donors (Lipinski definition) is 2. The molecule has 0 saturated heterocycles. The molecule has 0 fully saturated rings. The highest BCUT2D eigenvalue weighted by Gasteiger charge is 2.17. The number of aromatic hydroxyl groups is 1. The van der Waals surface area contributed by atoms with Crippen molar-refractivity contribution >= 4 is 17.2 Å². The number of para-hydroxylation sites is 1. The lowest BCUT2D eigenvalue weighted by Gasteiger charge is -2.18. The number of rotatable bonds is 8. The van der Waals surface area contributed by atoms with Gasteiger partial charge < -0.3 is 15.2 Å². The van der Waals surface area contributed by atoms with E-state index in [4.69, 9.17) is 4.74 Å². The zero-order valence-electron chi connectivity index (χ0n) is 14.3. The molecular weight excluding hydrogens is 324 g/mol. The van der Waals surface area contributed by atoms with Crippen molar-refractivity contribution in [3.8, 4) is 5.75 Å². The van der Waals surface area contributed by atoms with Gasteiger partial charge in [-0.2, -0.15) is 0 Å². The SMILES string of the molecule is CCO[C@H](C)c1nc(CC(=O)N[C@H](CC)c2ccccc2O)cs1. The molecule has 0 bridgehead atoms. The molecule has 1 aromatic carbocycles. The normalized spacial score (nSPS) is 13.5. The first kappa shape index (κ1) is 18.4. The minimum Gasteiger partial charge on any atom is -0.508 e. The first-order valence-corrected chi connectivity index (χ1v) is 9.06. The van der Waals surface area contributed by atoms with E-state index in [1.165, 1.54) is 11.3 Å². The molecule has 0 saturated carbocycles. The van der Waals surface area contributed by atoms with Crippen LogP contribution >= 0.6 is 11.3 Å². The van der Waals surface area contributed by atoms with Crippen molar-refractivity contribution in [2.75, 3.05) is 6.61 Å². The van der Waals surface area contributed by atoms with Gasteiger partial charge in [-0.1, -0.05) is 25.1 Å². The minimum atomic E-state index is -0.209. The van der Waals surface area contributed by atoms with Gasteiger partial charge in [-0.05, 0) is 26.3 Å². The molecule has 0 aliphatic carbocycles. The monoisotopic (exact) mass is 348 g/mol. The predicted octanol–water partition coefficient (Wildman–Crippen LogP) is 3.76. The molecule has 0 aliphatic rings. The maximum Gasteiger partial charge on any atom is 0.226 e. The molecule has 1 amide bonds. The van der Waals surface area contributed by atoms with Crippen LogP contribution in [0.15, 0.2) is 29.6 Å². The summed E-state index contributed by atoms with van der Waals surface area (Å²) in [6, 6.07) is 6.87. The molecule has 130 valence electrons. The molecule has 6 heteroatoms. The minimum absolute atomic E-state index is 0.0542. The number of benzene rings is 1. The Bertz CT molecular complexity index is 672. The van der Waals surface area contributed by atoms with Crippen LogP contribution in [0.25, 0.3) is 0 Å². The van der Waals surface area contributed by atoms with E-state index in [9.17, 15) is 9.90 Å². The highest BCUT2D eigenvalue weighted by molar-refractivity contribution is 7.09. The quantitative estimate of drug-likeness (QED) is 0.762.